The Bertz CT molecular complexity index is 448. The monoisotopic (exact) mass is 277 g/mol. The lowest BCUT2D eigenvalue weighted by atomic mass is 10.1. The van der Waals surface area contributed by atoms with Crippen molar-refractivity contribution in [2.24, 2.45) is 0 Å². The van der Waals surface area contributed by atoms with Crippen molar-refractivity contribution in [2.75, 3.05) is 30.1 Å². The Morgan fingerprint density at radius 2 is 2.06 bits per heavy atom. The van der Waals surface area contributed by atoms with Crippen LogP contribution in [0.25, 0.3) is 0 Å². The van der Waals surface area contributed by atoms with Crippen LogP contribution in [0, 0.1) is 0 Å². The van der Waals surface area contributed by atoms with Gasteiger partial charge in [0.2, 0.25) is 10.0 Å². The van der Waals surface area contributed by atoms with Crippen LogP contribution in [0.3, 0.4) is 0 Å². The molecule has 0 aromatic heterocycles. The normalized spacial score (nSPS) is 11.4. The van der Waals surface area contributed by atoms with Gasteiger partial charge in [-0.25, -0.2) is 8.42 Å². The number of para-hydroxylation sites is 1. The summed E-state index contributed by atoms with van der Waals surface area (Å²) in [5.74, 6) is -0.0112. The first-order valence-electron chi connectivity index (χ1n) is 5.22. The first kappa shape index (κ1) is 14.3. The molecular weight excluding hydrogens is 262 g/mol. The Morgan fingerprint density at radius 1 is 1.35 bits per heavy atom. The van der Waals surface area contributed by atoms with Crippen molar-refractivity contribution in [3.05, 3.63) is 29.8 Å². The van der Waals surface area contributed by atoms with Gasteiger partial charge in [0, 0.05) is 13.0 Å². The van der Waals surface area contributed by atoms with E-state index in [-0.39, 0.29) is 11.6 Å². The minimum atomic E-state index is -3.35. The van der Waals surface area contributed by atoms with Gasteiger partial charge >= 0.3 is 0 Å². The Kier molecular flexibility index (Phi) is 5.74. The molecule has 1 rings (SSSR count). The second-order valence-electron chi connectivity index (χ2n) is 3.51. The van der Waals surface area contributed by atoms with Crippen molar-refractivity contribution >= 4 is 27.3 Å². The number of anilines is 1. The summed E-state index contributed by atoms with van der Waals surface area (Å²) in [6.07, 6.45) is 0.663. The molecule has 1 N–H and O–H groups in total. The summed E-state index contributed by atoms with van der Waals surface area (Å²) in [5, 5.41) is 0. The number of ether oxygens (including phenoxy) is 1. The standard InChI is InChI=1S/C11H16ClNO3S/c1-16-8-6-10-4-2-3-5-11(10)13-17(14,15)9-7-12/h2-5,13H,6-9H2,1H3. The summed E-state index contributed by atoms with van der Waals surface area (Å²) >= 11 is 5.44. The lowest BCUT2D eigenvalue weighted by Crippen LogP contribution is -2.18. The van der Waals surface area contributed by atoms with Gasteiger partial charge in [0.15, 0.2) is 0 Å². The highest BCUT2D eigenvalue weighted by Crippen LogP contribution is 2.17. The zero-order chi connectivity index (χ0) is 12.7. The molecule has 0 aliphatic rings. The lowest BCUT2D eigenvalue weighted by Gasteiger charge is -2.11. The van der Waals surface area contributed by atoms with Crippen LogP contribution >= 0.6 is 11.6 Å². The number of hydrogen-bond donors (Lipinski definition) is 1. The summed E-state index contributed by atoms with van der Waals surface area (Å²) in [4.78, 5) is 0. The summed E-state index contributed by atoms with van der Waals surface area (Å²) in [5.41, 5.74) is 1.50. The maximum atomic E-state index is 11.6. The molecule has 0 aliphatic carbocycles. The number of alkyl halides is 1. The topological polar surface area (TPSA) is 55.4 Å². The van der Waals surface area contributed by atoms with Crippen LogP contribution < -0.4 is 4.72 Å². The van der Waals surface area contributed by atoms with Crippen LogP contribution in [0.15, 0.2) is 24.3 Å². The van der Waals surface area contributed by atoms with Gasteiger partial charge < -0.3 is 4.74 Å². The van der Waals surface area contributed by atoms with Gasteiger partial charge in [-0.1, -0.05) is 18.2 Å². The lowest BCUT2D eigenvalue weighted by molar-refractivity contribution is 0.202. The molecule has 0 amide bonds. The number of rotatable bonds is 7. The molecule has 0 unspecified atom stereocenters. The molecule has 0 heterocycles. The number of methoxy groups -OCH3 is 1. The maximum Gasteiger partial charge on any atom is 0.233 e. The Morgan fingerprint density at radius 3 is 2.71 bits per heavy atom. The molecule has 0 saturated heterocycles. The van der Waals surface area contributed by atoms with E-state index in [1.807, 2.05) is 12.1 Å². The molecule has 4 nitrogen and oxygen atoms in total. The second-order valence-corrected chi connectivity index (χ2v) is 5.73. The molecule has 96 valence electrons. The Labute approximate surface area is 107 Å². The van der Waals surface area contributed by atoms with E-state index in [2.05, 4.69) is 4.72 Å². The van der Waals surface area contributed by atoms with E-state index in [4.69, 9.17) is 16.3 Å². The molecule has 1 aromatic rings. The molecule has 0 atom stereocenters. The predicted molar refractivity (Wildman–Crippen MR) is 70.2 cm³/mol. The van der Waals surface area contributed by atoms with Gasteiger partial charge in [0.25, 0.3) is 0 Å². The third-order valence-corrected chi connectivity index (χ3v) is 3.89. The van der Waals surface area contributed by atoms with Crippen LogP contribution in [-0.2, 0) is 21.2 Å². The zero-order valence-corrected chi connectivity index (χ0v) is 11.2. The van der Waals surface area contributed by atoms with Gasteiger partial charge in [0.1, 0.15) is 0 Å². The van der Waals surface area contributed by atoms with Gasteiger partial charge in [0.05, 0.1) is 18.0 Å². The molecule has 0 saturated carbocycles. The van der Waals surface area contributed by atoms with E-state index < -0.39 is 10.0 Å². The number of sulfonamides is 1. The summed E-state index contributed by atoms with van der Waals surface area (Å²) in [6, 6.07) is 7.26. The summed E-state index contributed by atoms with van der Waals surface area (Å²) < 4.78 is 30.7. The highest BCUT2D eigenvalue weighted by atomic mass is 35.5. The molecule has 17 heavy (non-hydrogen) atoms. The fourth-order valence-corrected chi connectivity index (χ4v) is 2.82. The highest BCUT2D eigenvalue weighted by molar-refractivity contribution is 7.92. The predicted octanol–water partition coefficient (Wildman–Crippen LogP) is 1.86. The minimum absolute atomic E-state index is 0.0789. The van der Waals surface area contributed by atoms with E-state index >= 15 is 0 Å². The van der Waals surface area contributed by atoms with Crippen LogP contribution in [-0.4, -0.2) is 33.8 Å². The van der Waals surface area contributed by atoms with Gasteiger partial charge in [-0.05, 0) is 18.1 Å². The van der Waals surface area contributed by atoms with Crippen LogP contribution in [0.4, 0.5) is 5.69 Å². The third-order valence-electron chi connectivity index (χ3n) is 2.20. The maximum absolute atomic E-state index is 11.6. The highest BCUT2D eigenvalue weighted by Gasteiger charge is 2.11. The average Bonchev–Trinajstić information content (AvgIpc) is 2.27. The molecule has 0 fully saturated rings. The van der Waals surface area contributed by atoms with E-state index in [0.717, 1.165) is 5.56 Å². The summed E-state index contributed by atoms with van der Waals surface area (Å²) in [7, 11) is -1.74. The van der Waals surface area contributed by atoms with E-state index in [1.165, 1.54) is 0 Å². The first-order valence-corrected chi connectivity index (χ1v) is 7.41. The second kappa shape index (κ2) is 6.83. The molecule has 0 spiro atoms. The molecule has 0 bridgehead atoms. The first-order chi connectivity index (χ1) is 8.09. The van der Waals surface area contributed by atoms with Crippen LogP contribution in [0.5, 0.6) is 0 Å². The van der Waals surface area contributed by atoms with Gasteiger partial charge in [-0.15, -0.1) is 11.6 Å². The largest absolute Gasteiger partial charge is 0.384 e. The molecule has 0 aliphatic heterocycles. The molecule has 1 aromatic carbocycles. The Hall–Kier alpha value is -0.780. The smallest absolute Gasteiger partial charge is 0.233 e. The van der Waals surface area contributed by atoms with Crippen molar-refractivity contribution < 1.29 is 13.2 Å². The SMILES string of the molecule is COCCc1ccccc1NS(=O)(=O)CCCl. The zero-order valence-electron chi connectivity index (χ0n) is 9.65. The fourth-order valence-electron chi connectivity index (χ4n) is 1.37. The van der Waals surface area contributed by atoms with Gasteiger partial charge in [-0.3, -0.25) is 4.72 Å². The van der Waals surface area contributed by atoms with Crippen molar-refractivity contribution in [2.45, 2.75) is 6.42 Å². The van der Waals surface area contributed by atoms with Crippen molar-refractivity contribution in [1.82, 2.24) is 0 Å². The van der Waals surface area contributed by atoms with E-state index in [0.29, 0.717) is 18.7 Å². The quantitative estimate of drug-likeness (QED) is 0.774. The fraction of sp³-hybridized carbons (Fsp3) is 0.455. The van der Waals surface area contributed by atoms with Gasteiger partial charge in [-0.2, -0.15) is 0 Å². The van der Waals surface area contributed by atoms with Crippen molar-refractivity contribution in [3.8, 4) is 0 Å². The number of nitrogens with one attached hydrogen (secondary N) is 1. The Balaban J connectivity index is 2.83. The van der Waals surface area contributed by atoms with Crippen molar-refractivity contribution in [1.29, 1.82) is 0 Å². The summed E-state index contributed by atoms with van der Waals surface area (Å²) in [6.45, 7) is 0.550. The number of halogens is 1. The van der Waals surface area contributed by atoms with E-state index in [1.54, 1.807) is 19.2 Å². The molecule has 6 heteroatoms. The third kappa shape index (κ3) is 4.93. The molecular formula is C11H16ClNO3S. The number of benzene rings is 1. The van der Waals surface area contributed by atoms with Crippen LogP contribution in [0.2, 0.25) is 0 Å². The van der Waals surface area contributed by atoms with Crippen LogP contribution in [0.1, 0.15) is 5.56 Å². The van der Waals surface area contributed by atoms with Crippen molar-refractivity contribution in [3.63, 3.8) is 0 Å². The minimum Gasteiger partial charge on any atom is -0.384 e. The average molecular weight is 278 g/mol. The number of hydrogen-bond acceptors (Lipinski definition) is 3. The molecule has 0 radical (unpaired) electrons. The van der Waals surface area contributed by atoms with E-state index in [9.17, 15) is 8.42 Å².